The number of hydrogen-bond donors (Lipinski definition) is 2. The summed E-state index contributed by atoms with van der Waals surface area (Å²) in [7, 11) is 0. The van der Waals surface area contributed by atoms with E-state index in [1.807, 2.05) is 0 Å². The molecule has 0 spiro atoms. The van der Waals surface area contributed by atoms with Crippen molar-refractivity contribution in [2.45, 2.75) is 6.61 Å². The van der Waals surface area contributed by atoms with Crippen LogP contribution in [0.1, 0.15) is 26.8 Å². The van der Waals surface area contributed by atoms with Crippen LogP contribution in [-0.4, -0.2) is 21.8 Å². The fourth-order valence-corrected chi connectivity index (χ4v) is 1.92. The van der Waals surface area contributed by atoms with Gasteiger partial charge in [-0.15, -0.1) is 0 Å². The van der Waals surface area contributed by atoms with Gasteiger partial charge in [0.1, 0.15) is 29.6 Å². The molecule has 0 bridgehead atoms. The Hall–Kier alpha value is -3.75. The molecule has 0 aliphatic heterocycles. The lowest BCUT2D eigenvalue weighted by molar-refractivity contribution is 0.0826. The first-order valence-electron chi connectivity index (χ1n) is 7.45. The van der Waals surface area contributed by atoms with Gasteiger partial charge in [-0.1, -0.05) is 0 Å². The van der Waals surface area contributed by atoms with E-state index in [0.717, 1.165) is 0 Å². The Kier molecular flexibility index (Phi) is 5.18. The molecule has 0 saturated carbocycles. The minimum atomic E-state index is -0.643. The second-order valence-electron chi connectivity index (χ2n) is 5.01. The highest BCUT2D eigenvalue weighted by Crippen LogP contribution is 2.15. The van der Waals surface area contributed by atoms with Crippen LogP contribution in [0.2, 0.25) is 0 Å². The summed E-state index contributed by atoms with van der Waals surface area (Å²) in [6.45, 7) is 0.0604. The SMILES string of the molecule is O=C(NNC(=O)c1ccc(COc2ccc(F)cc2)o1)c1cnccn1. The van der Waals surface area contributed by atoms with Gasteiger partial charge in [0.2, 0.25) is 0 Å². The summed E-state index contributed by atoms with van der Waals surface area (Å²) in [4.78, 5) is 31.3. The maximum atomic E-state index is 12.8. The zero-order valence-corrected chi connectivity index (χ0v) is 13.3. The van der Waals surface area contributed by atoms with Gasteiger partial charge in [-0.05, 0) is 36.4 Å². The summed E-state index contributed by atoms with van der Waals surface area (Å²) in [6, 6.07) is 8.50. The van der Waals surface area contributed by atoms with Crippen molar-refractivity contribution >= 4 is 11.8 Å². The molecule has 3 aromatic rings. The molecule has 1 aromatic carbocycles. The largest absolute Gasteiger partial charge is 0.486 e. The minimum Gasteiger partial charge on any atom is -0.486 e. The molecule has 0 saturated heterocycles. The van der Waals surface area contributed by atoms with E-state index < -0.39 is 11.8 Å². The maximum Gasteiger partial charge on any atom is 0.305 e. The Morgan fingerprint density at radius 2 is 1.81 bits per heavy atom. The van der Waals surface area contributed by atoms with E-state index in [0.29, 0.717) is 11.5 Å². The van der Waals surface area contributed by atoms with Crippen LogP contribution in [0, 0.1) is 5.82 Å². The summed E-state index contributed by atoms with van der Waals surface area (Å²) in [5.74, 6) is -0.780. The molecule has 0 fully saturated rings. The third kappa shape index (κ3) is 4.41. The highest BCUT2D eigenvalue weighted by molar-refractivity contribution is 5.96. The van der Waals surface area contributed by atoms with Crippen molar-refractivity contribution in [3.8, 4) is 5.75 Å². The van der Waals surface area contributed by atoms with Gasteiger partial charge in [-0.3, -0.25) is 25.4 Å². The summed E-state index contributed by atoms with van der Waals surface area (Å²) in [5, 5.41) is 0. The van der Waals surface area contributed by atoms with Crippen LogP contribution in [0.5, 0.6) is 5.75 Å². The zero-order valence-electron chi connectivity index (χ0n) is 13.3. The van der Waals surface area contributed by atoms with Crippen molar-refractivity contribution in [2.75, 3.05) is 0 Å². The molecule has 8 nitrogen and oxygen atoms in total. The van der Waals surface area contributed by atoms with Gasteiger partial charge >= 0.3 is 5.91 Å². The first-order valence-corrected chi connectivity index (χ1v) is 7.45. The van der Waals surface area contributed by atoms with Gasteiger partial charge in [-0.25, -0.2) is 9.37 Å². The topological polar surface area (TPSA) is 106 Å². The first kappa shape index (κ1) is 17.1. The molecule has 0 unspecified atom stereocenters. The van der Waals surface area contributed by atoms with Crippen LogP contribution in [0.15, 0.2) is 59.4 Å². The Bertz CT molecular complexity index is 897. The average molecular weight is 356 g/mol. The molecule has 0 atom stereocenters. The fraction of sp³-hybridized carbons (Fsp3) is 0.0588. The molecule has 0 aliphatic carbocycles. The van der Waals surface area contributed by atoms with Gasteiger partial charge in [0.25, 0.3) is 5.91 Å². The zero-order chi connectivity index (χ0) is 18.4. The summed E-state index contributed by atoms with van der Waals surface area (Å²) >= 11 is 0. The van der Waals surface area contributed by atoms with E-state index in [-0.39, 0.29) is 23.9 Å². The molecule has 9 heteroatoms. The summed E-state index contributed by atoms with van der Waals surface area (Å²) < 4.78 is 23.6. The number of nitrogens with zero attached hydrogens (tertiary/aromatic N) is 2. The van der Waals surface area contributed by atoms with Gasteiger partial charge in [-0.2, -0.15) is 0 Å². The monoisotopic (exact) mass is 356 g/mol. The third-order valence-electron chi connectivity index (χ3n) is 3.17. The lowest BCUT2D eigenvalue weighted by Gasteiger charge is -2.05. The number of rotatable bonds is 5. The number of ether oxygens (including phenoxy) is 1. The minimum absolute atomic E-state index is 0.0119. The molecule has 2 amide bonds. The smallest absolute Gasteiger partial charge is 0.305 e. The van der Waals surface area contributed by atoms with Crippen molar-refractivity contribution in [2.24, 2.45) is 0 Å². The quantitative estimate of drug-likeness (QED) is 0.676. The van der Waals surface area contributed by atoms with Crippen molar-refractivity contribution in [3.63, 3.8) is 0 Å². The normalized spacial score (nSPS) is 10.2. The van der Waals surface area contributed by atoms with Crippen LogP contribution in [0.4, 0.5) is 4.39 Å². The van der Waals surface area contributed by atoms with E-state index in [2.05, 4.69) is 20.8 Å². The van der Waals surface area contributed by atoms with E-state index in [4.69, 9.17) is 9.15 Å². The van der Waals surface area contributed by atoms with E-state index in [1.165, 1.54) is 48.9 Å². The molecule has 132 valence electrons. The molecule has 0 aliphatic rings. The van der Waals surface area contributed by atoms with Gasteiger partial charge in [0, 0.05) is 12.4 Å². The van der Waals surface area contributed by atoms with Gasteiger partial charge in [0.15, 0.2) is 5.76 Å². The molecule has 0 radical (unpaired) electrons. The Balaban J connectivity index is 1.51. The summed E-state index contributed by atoms with van der Waals surface area (Å²) in [6.07, 6.45) is 4.05. The third-order valence-corrected chi connectivity index (χ3v) is 3.17. The number of benzene rings is 1. The van der Waals surface area contributed by atoms with Gasteiger partial charge in [0.05, 0.1) is 6.20 Å². The van der Waals surface area contributed by atoms with Crippen molar-refractivity contribution in [1.82, 2.24) is 20.8 Å². The number of halogens is 1. The molecular formula is C17H13FN4O4. The van der Waals surface area contributed by atoms with Gasteiger partial charge < -0.3 is 9.15 Å². The molecular weight excluding hydrogens is 343 g/mol. The van der Waals surface area contributed by atoms with E-state index in [1.54, 1.807) is 6.07 Å². The Morgan fingerprint density at radius 1 is 1.04 bits per heavy atom. The second kappa shape index (κ2) is 7.88. The second-order valence-corrected chi connectivity index (χ2v) is 5.01. The predicted molar refractivity (Wildman–Crippen MR) is 86.4 cm³/mol. The lowest BCUT2D eigenvalue weighted by atomic mass is 10.3. The van der Waals surface area contributed by atoms with Crippen LogP contribution < -0.4 is 15.6 Å². The Morgan fingerprint density at radius 3 is 2.54 bits per heavy atom. The average Bonchev–Trinajstić information content (AvgIpc) is 3.15. The van der Waals surface area contributed by atoms with Crippen LogP contribution in [-0.2, 0) is 6.61 Å². The number of carbonyl (C=O) groups is 2. The number of aromatic nitrogens is 2. The van der Waals surface area contributed by atoms with E-state index in [9.17, 15) is 14.0 Å². The van der Waals surface area contributed by atoms with Crippen molar-refractivity contribution < 1.29 is 23.1 Å². The van der Waals surface area contributed by atoms with Crippen molar-refractivity contribution in [3.05, 3.63) is 78.0 Å². The molecule has 26 heavy (non-hydrogen) atoms. The molecule has 2 aromatic heterocycles. The number of amides is 2. The predicted octanol–water partition coefficient (Wildman–Crippen LogP) is 1.86. The molecule has 2 heterocycles. The lowest BCUT2D eigenvalue weighted by Crippen LogP contribution is -2.41. The highest BCUT2D eigenvalue weighted by atomic mass is 19.1. The maximum absolute atomic E-state index is 12.8. The number of hydrazine groups is 1. The molecule has 3 rings (SSSR count). The van der Waals surface area contributed by atoms with Crippen molar-refractivity contribution in [1.29, 1.82) is 0 Å². The molecule has 2 N–H and O–H groups in total. The van der Waals surface area contributed by atoms with Crippen LogP contribution in [0.3, 0.4) is 0 Å². The standard InChI is InChI=1S/C17H13FN4O4/c18-11-1-3-12(4-2-11)25-10-13-5-6-15(26-13)17(24)22-21-16(23)14-9-19-7-8-20-14/h1-9H,10H2,(H,21,23)(H,22,24). The number of hydrogen-bond acceptors (Lipinski definition) is 6. The van der Waals surface area contributed by atoms with Crippen LogP contribution in [0.25, 0.3) is 0 Å². The van der Waals surface area contributed by atoms with Crippen LogP contribution >= 0.6 is 0 Å². The fourth-order valence-electron chi connectivity index (χ4n) is 1.92. The number of furan rings is 1. The number of carbonyl (C=O) groups excluding carboxylic acids is 2. The summed E-state index contributed by atoms with van der Waals surface area (Å²) in [5.41, 5.74) is 4.47. The highest BCUT2D eigenvalue weighted by Gasteiger charge is 2.14. The number of nitrogens with one attached hydrogen (secondary N) is 2. The van der Waals surface area contributed by atoms with E-state index >= 15 is 0 Å². The first-order chi connectivity index (χ1) is 12.6. The Labute approximate surface area is 147 Å².